The van der Waals surface area contributed by atoms with Gasteiger partial charge in [0.25, 0.3) is 11.8 Å². The maximum atomic E-state index is 12.1. The van der Waals surface area contributed by atoms with Crippen molar-refractivity contribution >= 4 is 29.1 Å². The highest BCUT2D eigenvalue weighted by atomic mass is 35.5. The van der Waals surface area contributed by atoms with Gasteiger partial charge in [-0.2, -0.15) is 0 Å². The quantitative estimate of drug-likeness (QED) is 0.620. The Balaban J connectivity index is 2.50. The third-order valence-electron chi connectivity index (χ3n) is 3.49. The first kappa shape index (κ1) is 20.3. The van der Waals surface area contributed by atoms with Crippen molar-refractivity contribution in [2.24, 2.45) is 0 Å². The summed E-state index contributed by atoms with van der Waals surface area (Å²) in [6.07, 6.45) is 1.97. The van der Waals surface area contributed by atoms with Crippen LogP contribution in [0.15, 0.2) is 18.2 Å². The van der Waals surface area contributed by atoms with Crippen LogP contribution in [0.25, 0.3) is 0 Å². The molecule has 6 nitrogen and oxygen atoms in total. The number of halogens is 1. The lowest BCUT2D eigenvalue weighted by Crippen LogP contribution is -3.11. The van der Waals surface area contributed by atoms with Gasteiger partial charge in [-0.25, -0.2) is 0 Å². The predicted molar refractivity (Wildman–Crippen MR) is 95.8 cm³/mol. The number of quaternary nitrogens is 1. The lowest BCUT2D eigenvalue weighted by molar-refractivity contribution is -0.862. The van der Waals surface area contributed by atoms with Gasteiger partial charge in [-0.1, -0.05) is 24.9 Å². The molecule has 0 radical (unpaired) electrons. The molecular weight excluding hydrogens is 330 g/mol. The lowest BCUT2D eigenvalue weighted by Gasteiger charge is -2.17. The third-order valence-corrected chi connectivity index (χ3v) is 3.72. The Labute approximate surface area is 148 Å². The monoisotopic (exact) mass is 356 g/mol. The highest BCUT2D eigenvalue weighted by Crippen LogP contribution is 2.27. The van der Waals surface area contributed by atoms with Gasteiger partial charge in [-0.05, 0) is 31.5 Å². The standard InChI is InChI=1S/C17H26ClN3O3/c1-5-6-12(2)19-16(22)10-21(3)11-17(23)20-14-9-13(18)7-8-15(14)24-4/h7-9,12H,5-6,10-11H2,1-4H3,(H,19,22)(H,20,23)/p+1/t12-/m1/s1. The number of amides is 2. The second kappa shape index (κ2) is 10.2. The van der Waals surface area contributed by atoms with E-state index in [4.69, 9.17) is 16.3 Å². The molecule has 0 saturated heterocycles. The predicted octanol–water partition coefficient (Wildman–Crippen LogP) is 1.11. The number of carbonyl (C=O) groups is 2. The van der Waals surface area contributed by atoms with Gasteiger partial charge in [0.15, 0.2) is 13.1 Å². The molecule has 0 aliphatic rings. The molecule has 0 aromatic heterocycles. The summed E-state index contributed by atoms with van der Waals surface area (Å²) in [6.45, 7) is 4.47. The molecule has 0 saturated carbocycles. The first-order chi connectivity index (χ1) is 11.3. The van der Waals surface area contributed by atoms with Crippen molar-refractivity contribution in [3.63, 3.8) is 0 Å². The molecule has 1 aromatic carbocycles. The van der Waals surface area contributed by atoms with E-state index in [1.54, 1.807) is 25.2 Å². The van der Waals surface area contributed by atoms with Crippen LogP contribution < -0.4 is 20.3 Å². The van der Waals surface area contributed by atoms with Crippen molar-refractivity contribution in [2.75, 3.05) is 32.6 Å². The molecule has 0 spiro atoms. The van der Waals surface area contributed by atoms with E-state index in [2.05, 4.69) is 17.6 Å². The topological polar surface area (TPSA) is 71.9 Å². The third kappa shape index (κ3) is 7.19. The number of ether oxygens (including phenoxy) is 1. The molecule has 24 heavy (non-hydrogen) atoms. The Hall–Kier alpha value is -1.79. The Morgan fingerprint density at radius 2 is 1.96 bits per heavy atom. The molecule has 1 rings (SSSR count). The van der Waals surface area contributed by atoms with E-state index < -0.39 is 0 Å². The van der Waals surface area contributed by atoms with Crippen LogP contribution in [0.4, 0.5) is 5.69 Å². The first-order valence-electron chi connectivity index (χ1n) is 8.09. The molecule has 134 valence electrons. The average Bonchev–Trinajstić information content (AvgIpc) is 2.46. The Morgan fingerprint density at radius 1 is 1.29 bits per heavy atom. The molecule has 1 unspecified atom stereocenters. The van der Waals surface area contributed by atoms with Crippen LogP contribution in [0.3, 0.4) is 0 Å². The number of hydrogen-bond donors (Lipinski definition) is 3. The molecule has 0 heterocycles. The summed E-state index contributed by atoms with van der Waals surface area (Å²) < 4.78 is 5.19. The highest BCUT2D eigenvalue weighted by Gasteiger charge is 2.16. The van der Waals surface area contributed by atoms with E-state index in [1.807, 2.05) is 6.92 Å². The molecule has 0 bridgehead atoms. The second-order valence-corrected chi connectivity index (χ2v) is 6.40. The van der Waals surface area contributed by atoms with Gasteiger partial charge in [0.2, 0.25) is 0 Å². The maximum absolute atomic E-state index is 12.1. The van der Waals surface area contributed by atoms with Crippen molar-refractivity contribution in [1.29, 1.82) is 0 Å². The summed E-state index contributed by atoms with van der Waals surface area (Å²) in [7, 11) is 3.33. The van der Waals surface area contributed by atoms with Crippen LogP contribution in [0.2, 0.25) is 5.02 Å². The Morgan fingerprint density at radius 3 is 2.58 bits per heavy atom. The Kier molecular flexibility index (Phi) is 8.57. The van der Waals surface area contributed by atoms with Crippen LogP contribution in [0.5, 0.6) is 5.75 Å². The van der Waals surface area contributed by atoms with Crippen molar-refractivity contribution in [1.82, 2.24) is 5.32 Å². The number of carbonyl (C=O) groups excluding carboxylic acids is 2. The summed E-state index contributed by atoms with van der Waals surface area (Å²) in [5.74, 6) is 0.278. The minimum Gasteiger partial charge on any atom is -0.495 e. The Bertz CT molecular complexity index is 566. The van der Waals surface area contributed by atoms with Crippen LogP contribution in [0, 0.1) is 0 Å². The average molecular weight is 357 g/mol. The minimum atomic E-state index is -0.206. The fourth-order valence-electron chi connectivity index (χ4n) is 2.41. The van der Waals surface area contributed by atoms with Crippen molar-refractivity contribution < 1.29 is 19.2 Å². The number of nitrogens with one attached hydrogen (secondary N) is 3. The van der Waals surface area contributed by atoms with Crippen LogP contribution >= 0.6 is 11.6 Å². The molecular formula is C17H27ClN3O3+. The SMILES string of the molecule is CCC[C@@H](C)NC(=O)C[NH+](C)CC(=O)Nc1cc(Cl)ccc1OC. The molecule has 0 aliphatic heterocycles. The minimum absolute atomic E-state index is 0.0541. The van der Waals surface area contributed by atoms with Crippen molar-refractivity contribution in [3.8, 4) is 5.75 Å². The molecule has 2 amide bonds. The van der Waals surface area contributed by atoms with E-state index in [0.717, 1.165) is 17.7 Å². The summed E-state index contributed by atoms with van der Waals surface area (Å²) in [5, 5.41) is 6.21. The highest BCUT2D eigenvalue weighted by molar-refractivity contribution is 6.31. The smallest absolute Gasteiger partial charge is 0.279 e. The number of likely N-dealkylation sites (N-methyl/N-ethyl adjacent to an activating group) is 1. The zero-order valence-corrected chi connectivity index (χ0v) is 15.5. The van der Waals surface area contributed by atoms with Gasteiger partial charge in [-0.15, -0.1) is 0 Å². The fourth-order valence-corrected chi connectivity index (χ4v) is 2.59. The summed E-state index contributed by atoms with van der Waals surface area (Å²) in [4.78, 5) is 24.9. The first-order valence-corrected chi connectivity index (χ1v) is 8.47. The van der Waals surface area contributed by atoms with E-state index in [9.17, 15) is 9.59 Å². The largest absolute Gasteiger partial charge is 0.495 e. The fraction of sp³-hybridized carbons (Fsp3) is 0.529. The van der Waals surface area contributed by atoms with Crippen molar-refractivity contribution in [2.45, 2.75) is 32.7 Å². The summed E-state index contributed by atoms with van der Waals surface area (Å²) in [5.41, 5.74) is 0.517. The van der Waals surface area contributed by atoms with E-state index in [1.165, 1.54) is 7.11 Å². The van der Waals surface area contributed by atoms with E-state index in [0.29, 0.717) is 16.5 Å². The van der Waals surface area contributed by atoms with Gasteiger partial charge in [0.05, 0.1) is 19.8 Å². The van der Waals surface area contributed by atoms with E-state index >= 15 is 0 Å². The van der Waals surface area contributed by atoms with Crippen LogP contribution in [-0.2, 0) is 9.59 Å². The normalized spacial score (nSPS) is 13.0. The number of benzene rings is 1. The molecule has 2 atom stereocenters. The van der Waals surface area contributed by atoms with Crippen LogP contribution in [-0.4, -0.2) is 45.1 Å². The van der Waals surface area contributed by atoms with Gasteiger partial charge >= 0.3 is 0 Å². The molecule has 0 fully saturated rings. The van der Waals surface area contributed by atoms with Gasteiger partial charge in [-0.3, -0.25) is 9.59 Å². The van der Waals surface area contributed by atoms with E-state index in [-0.39, 0.29) is 30.9 Å². The maximum Gasteiger partial charge on any atom is 0.279 e. The zero-order valence-electron chi connectivity index (χ0n) is 14.7. The number of anilines is 1. The van der Waals surface area contributed by atoms with Gasteiger partial charge in [0, 0.05) is 11.1 Å². The molecule has 7 heteroatoms. The van der Waals surface area contributed by atoms with Crippen LogP contribution in [0.1, 0.15) is 26.7 Å². The molecule has 3 N–H and O–H groups in total. The second-order valence-electron chi connectivity index (χ2n) is 5.96. The molecule has 1 aromatic rings. The van der Waals surface area contributed by atoms with Crippen molar-refractivity contribution in [3.05, 3.63) is 23.2 Å². The number of rotatable bonds is 9. The molecule has 0 aliphatic carbocycles. The summed E-state index contributed by atoms with van der Waals surface area (Å²) in [6, 6.07) is 5.17. The lowest BCUT2D eigenvalue weighted by atomic mass is 10.2. The summed E-state index contributed by atoms with van der Waals surface area (Å²) >= 11 is 5.94. The van der Waals surface area contributed by atoms with Gasteiger partial charge < -0.3 is 20.3 Å². The zero-order chi connectivity index (χ0) is 18.1. The van der Waals surface area contributed by atoms with Gasteiger partial charge in [0.1, 0.15) is 5.75 Å². The number of hydrogen-bond acceptors (Lipinski definition) is 3. The number of methoxy groups -OCH3 is 1.